The van der Waals surface area contributed by atoms with E-state index in [0.717, 1.165) is 0 Å². The third kappa shape index (κ3) is 3.57. The van der Waals surface area contributed by atoms with E-state index in [1.54, 1.807) is 31.2 Å². The second-order valence-electron chi connectivity index (χ2n) is 4.42. The van der Waals surface area contributed by atoms with Crippen molar-refractivity contribution < 1.29 is 14.3 Å². The van der Waals surface area contributed by atoms with Gasteiger partial charge in [0.1, 0.15) is 18.2 Å². The van der Waals surface area contributed by atoms with E-state index in [9.17, 15) is 4.39 Å². The van der Waals surface area contributed by atoms with Crippen molar-refractivity contribution in [1.82, 2.24) is 0 Å². The summed E-state index contributed by atoms with van der Waals surface area (Å²) in [6.45, 7) is 1.68. The first kappa shape index (κ1) is 14.5. The lowest BCUT2D eigenvalue weighted by molar-refractivity contribution is 0.299. The summed E-state index contributed by atoms with van der Waals surface area (Å²) in [5.74, 6) is 0.107. The Balaban J connectivity index is 2.15. The Hall–Kier alpha value is -2.87. The molecule has 2 aromatic rings. The zero-order chi connectivity index (χ0) is 15.2. The predicted molar refractivity (Wildman–Crippen MR) is 75.9 cm³/mol. The molecule has 0 atom stereocenters. The van der Waals surface area contributed by atoms with Crippen LogP contribution in [0.15, 0.2) is 47.6 Å². The summed E-state index contributed by atoms with van der Waals surface area (Å²) < 4.78 is 19.2. The molecule has 0 aromatic heterocycles. The third-order valence-electron chi connectivity index (χ3n) is 2.97. The van der Waals surface area contributed by atoms with Crippen molar-refractivity contribution >= 4 is 5.71 Å². The van der Waals surface area contributed by atoms with Gasteiger partial charge in [-0.05, 0) is 37.3 Å². The molecule has 0 amide bonds. The maximum atomic E-state index is 13.6. The van der Waals surface area contributed by atoms with Crippen LogP contribution in [0, 0.1) is 17.1 Å². The van der Waals surface area contributed by atoms with Crippen molar-refractivity contribution in [2.24, 2.45) is 5.16 Å². The number of hydrogen-bond acceptors (Lipinski definition) is 4. The quantitative estimate of drug-likeness (QED) is 0.531. The summed E-state index contributed by atoms with van der Waals surface area (Å²) in [7, 11) is 0. The molecule has 5 heteroatoms. The minimum atomic E-state index is -0.418. The van der Waals surface area contributed by atoms with E-state index in [-0.39, 0.29) is 6.61 Å². The lowest BCUT2D eigenvalue weighted by atomic mass is 10.1. The first-order chi connectivity index (χ1) is 10.1. The van der Waals surface area contributed by atoms with Gasteiger partial charge in [-0.25, -0.2) is 4.39 Å². The molecule has 0 fully saturated rings. The van der Waals surface area contributed by atoms with Crippen LogP contribution >= 0.6 is 0 Å². The van der Waals surface area contributed by atoms with Crippen LogP contribution in [0.1, 0.15) is 23.6 Å². The Kier molecular flexibility index (Phi) is 4.52. The van der Waals surface area contributed by atoms with E-state index < -0.39 is 5.82 Å². The van der Waals surface area contributed by atoms with Crippen molar-refractivity contribution in [2.75, 3.05) is 0 Å². The lowest BCUT2D eigenvalue weighted by Gasteiger charge is -2.09. The minimum Gasteiger partial charge on any atom is -0.489 e. The number of rotatable bonds is 4. The number of halogens is 1. The largest absolute Gasteiger partial charge is 0.489 e. The number of hydrogen-bond donors (Lipinski definition) is 1. The van der Waals surface area contributed by atoms with Crippen molar-refractivity contribution in [3.8, 4) is 11.8 Å². The van der Waals surface area contributed by atoms with Gasteiger partial charge >= 0.3 is 0 Å². The van der Waals surface area contributed by atoms with Gasteiger partial charge in [-0.1, -0.05) is 17.3 Å². The molecule has 4 nitrogen and oxygen atoms in total. The smallest absolute Gasteiger partial charge is 0.129 e. The Labute approximate surface area is 121 Å². The molecule has 0 saturated carbocycles. The van der Waals surface area contributed by atoms with Gasteiger partial charge in [0.25, 0.3) is 0 Å². The van der Waals surface area contributed by atoms with Crippen LogP contribution in [-0.4, -0.2) is 10.9 Å². The van der Waals surface area contributed by atoms with Crippen LogP contribution in [0.3, 0.4) is 0 Å². The molecule has 0 spiro atoms. The van der Waals surface area contributed by atoms with E-state index in [0.29, 0.717) is 28.2 Å². The minimum absolute atomic E-state index is 0.0140. The second-order valence-corrected chi connectivity index (χ2v) is 4.42. The molecule has 106 valence electrons. The Morgan fingerprint density at radius 3 is 2.86 bits per heavy atom. The summed E-state index contributed by atoms with van der Waals surface area (Å²) in [5.41, 5.74) is 1.86. The molecular formula is C16H13FN2O2. The molecule has 0 radical (unpaired) electrons. The number of oxime groups is 1. The molecule has 0 aliphatic heterocycles. The van der Waals surface area contributed by atoms with E-state index in [4.69, 9.17) is 15.2 Å². The molecule has 0 aliphatic carbocycles. The molecule has 0 unspecified atom stereocenters. The SMILES string of the molecule is C/C(=N\O)c1cccc(OCc2cc(C#N)ccc2F)c1. The van der Waals surface area contributed by atoms with E-state index >= 15 is 0 Å². The highest BCUT2D eigenvalue weighted by Gasteiger charge is 2.06. The predicted octanol–water partition coefficient (Wildman–Crippen LogP) is 3.47. The second kappa shape index (κ2) is 6.53. The highest BCUT2D eigenvalue weighted by Crippen LogP contribution is 2.17. The van der Waals surface area contributed by atoms with Crippen molar-refractivity contribution in [2.45, 2.75) is 13.5 Å². The molecular weight excluding hydrogens is 271 g/mol. The standard InChI is InChI=1S/C16H13FN2O2/c1-11(19-20)13-3-2-4-15(8-13)21-10-14-7-12(9-18)5-6-16(14)17/h2-8,20H,10H2,1H3/b19-11+. The van der Waals surface area contributed by atoms with E-state index in [1.807, 2.05) is 6.07 Å². The summed E-state index contributed by atoms with van der Waals surface area (Å²) >= 11 is 0. The first-order valence-corrected chi connectivity index (χ1v) is 6.24. The number of nitriles is 1. The van der Waals surface area contributed by atoms with Gasteiger partial charge in [0.2, 0.25) is 0 Å². The molecule has 0 aliphatic rings. The van der Waals surface area contributed by atoms with Crippen LogP contribution in [0.25, 0.3) is 0 Å². The fourth-order valence-corrected chi connectivity index (χ4v) is 1.78. The van der Waals surface area contributed by atoms with Crippen molar-refractivity contribution in [3.05, 3.63) is 65.0 Å². The molecule has 0 saturated heterocycles. The fraction of sp³-hybridized carbons (Fsp3) is 0.125. The number of nitrogens with zero attached hydrogens (tertiary/aromatic N) is 2. The zero-order valence-electron chi connectivity index (χ0n) is 11.4. The van der Waals surface area contributed by atoms with Gasteiger partial charge in [0.05, 0.1) is 17.3 Å². The maximum absolute atomic E-state index is 13.6. The van der Waals surface area contributed by atoms with E-state index in [2.05, 4.69) is 5.16 Å². The molecule has 0 heterocycles. The lowest BCUT2D eigenvalue weighted by Crippen LogP contribution is -2.01. The van der Waals surface area contributed by atoms with Gasteiger partial charge in [-0.2, -0.15) is 5.26 Å². The van der Waals surface area contributed by atoms with Crippen LogP contribution in [-0.2, 0) is 6.61 Å². The first-order valence-electron chi connectivity index (χ1n) is 6.24. The topological polar surface area (TPSA) is 65.6 Å². The van der Waals surface area contributed by atoms with Gasteiger partial charge in [-0.3, -0.25) is 0 Å². The van der Waals surface area contributed by atoms with Crippen LogP contribution < -0.4 is 4.74 Å². The summed E-state index contributed by atoms with van der Waals surface area (Å²) in [6.07, 6.45) is 0. The highest BCUT2D eigenvalue weighted by molar-refractivity contribution is 5.98. The third-order valence-corrected chi connectivity index (χ3v) is 2.97. The fourth-order valence-electron chi connectivity index (χ4n) is 1.78. The van der Waals surface area contributed by atoms with E-state index in [1.165, 1.54) is 18.2 Å². The Bertz CT molecular complexity index is 720. The number of benzene rings is 2. The van der Waals surface area contributed by atoms with Crippen molar-refractivity contribution in [3.63, 3.8) is 0 Å². The molecule has 21 heavy (non-hydrogen) atoms. The van der Waals surface area contributed by atoms with Gasteiger partial charge in [0.15, 0.2) is 0 Å². The average molecular weight is 284 g/mol. The molecule has 2 aromatic carbocycles. The number of ether oxygens (including phenoxy) is 1. The average Bonchev–Trinajstić information content (AvgIpc) is 2.53. The van der Waals surface area contributed by atoms with Gasteiger partial charge < -0.3 is 9.94 Å². The van der Waals surface area contributed by atoms with Crippen molar-refractivity contribution in [1.29, 1.82) is 5.26 Å². The van der Waals surface area contributed by atoms with Gasteiger partial charge in [0, 0.05) is 11.1 Å². The Morgan fingerprint density at radius 1 is 1.33 bits per heavy atom. The maximum Gasteiger partial charge on any atom is 0.129 e. The monoisotopic (exact) mass is 284 g/mol. The zero-order valence-corrected chi connectivity index (χ0v) is 11.4. The highest BCUT2D eigenvalue weighted by atomic mass is 19.1. The van der Waals surface area contributed by atoms with Gasteiger partial charge in [-0.15, -0.1) is 0 Å². The summed E-state index contributed by atoms with van der Waals surface area (Å²) in [4.78, 5) is 0. The summed E-state index contributed by atoms with van der Waals surface area (Å²) in [6, 6.07) is 13.0. The van der Waals surface area contributed by atoms with Crippen LogP contribution in [0.2, 0.25) is 0 Å². The normalized spacial score (nSPS) is 11.0. The Morgan fingerprint density at radius 2 is 2.14 bits per heavy atom. The van der Waals surface area contributed by atoms with Crippen LogP contribution in [0.5, 0.6) is 5.75 Å². The molecule has 0 bridgehead atoms. The summed E-state index contributed by atoms with van der Waals surface area (Å²) in [5, 5.41) is 20.7. The molecule has 1 N–H and O–H groups in total. The van der Waals surface area contributed by atoms with Crippen LogP contribution in [0.4, 0.5) is 4.39 Å². The molecule has 2 rings (SSSR count).